The smallest absolute Gasteiger partial charge is 0.00256 e. The second kappa shape index (κ2) is 14.2. The average Bonchev–Trinajstić information content (AvgIpc) is 2.78. The number of hydrogen-bond acceptors (Lipinski definition) is 0. The highest BCUT2D eigenvalue weighted by atomic mass is 14.0. The van der Waals surface area contributed by atoms with Gasteiger partial charge in [-0.25, -0.2) is 0 Å². The van der Waals surface area contributed by atoms with Gasteiger partial charge in [-0.15, -0.1) is 0 Å². The molecule has 0 spiro atoms. The molecule has 0 heteroatoms. The Morgan fingerprint density at radius 1 is 0.452 bits per heavy atom. The van der Waals surface area contributed by atoms with Crippen molar-refractivity contribution in [1.82, 2.24) is 0 Å². The fraction of sp³-hybridized carbons (Fsp3) is 0.290. The second-order valence-corrected chi connectivity index (χ2v) is 7.40. The molecule has 0 atom stereocenters. The minimum Gasteiger partial charge on any atom is -0.0683 e. The predicted octanol–water partition coefficient (Wildman–Crippen LogP) is 9.40. The first-order valence-electron chi connectivity index (χ1n) is 11.6. The molecule has 0 radical (unpaired) electrons. The minimum absolute atomic E-state index is 1.03. The van der Waals surface area contributed by atoms with Gasteiger partial charge >= 0.3 is 0 Å². The summed E-state index contributed by atoms with van der Waals surface area (Å²) in [6.07, 6.45) is 1.03. The van der Waals surface area contributed by atoms with Crippen molar-refractivity contribution in [1.29, 1.82) is 0 Å². The fourth-order valence-corrected chi connectivity index (χ4v) is 3.50. The summed E-state index contributed by atoms with van der Waals surface area (Å²) in [6.45, 7) is 16.6. The van der Waals surface area contributed by atoms with Gasteiger partial charge in [0.2, 0.25) is 0 Å². The molecule has 0 fully saturated rings. The van der Waals surface area contributed by atoms with Crippen LogP contribution in [-0.2, 0) is 6.42 Å². The minimum atomic E-state index is 1.03. The van der Waals surface area contributed by atoms with Crippen LogP contribution in [-0.4, -0.2) is 0 Å². The average molecular weight is 413 g/mol. The van der Waals surface area contributed by atoms with Gasteiger partial charge in [-0.3, -0.25) is 0 Å². The summed E-state index contributed by atoms with van der Waals surface area (Å²) in [5.74, 6) is 0. The molecular formula is C31H40. The van der Waals surface area contributed by atoms with Crippen LogP contribution in [0.4, 0.5) is 0 Å². The van der Waals surface area contributed by atoms with Crippen LogP contribution >= 0.6 is 0 Å². The van der Waals surface area contributed by atoms with Crippen molar-refractivity contribution in [3.63, 3.8) is 0 Å². The molecule has 31 heavy (non-hydrogen) atoms. The first-order chi connectivity index (χ1) is 15.0. The van der Waals surface area contributed by atoms with Gasteiger partial charge in [-0.2, -0.15) is 0 Å². The van der Waals surface area contributed by atoms with E-state index in [2.05, 4.69) is 113 Å². The standard InChI is InChI=1S/C15H16.C12H12.2C2H6/c1-12-5-3-7-14(9-12)11-15-8-4-6-13(2)10-15;1-9-5-3-8-12-10(2)6-4-7-11(9)12;2*1-2/h3-10H,11H2,1-2H3;3-8H,1-2H3;2*1-2H3. The third kappa shape index (κ3) is 8.42. The molecule has 0 saturated carbocycles. The van der Waals surface area contributed by atoms with E-state index < -0.39 is 0 Å². The summed E-state index contributed by atoms with van der Waals surface area (Å²) in [7, 11) is 0. The SMILES string of the molecule is CC.CC.Cc1cccc(Cc2cccc(C)c2)c1.Cc1cccc2c(C)cccc12. The Kier molecular flexibility index (Phi) is 12.0. The van der Waals surface area contributed by atoms with Gasteiger partial charge in [0.1, 0.15) is 0 Å². The highest BCUT2D eigenvalue weighted by molar-refractivity contribution is 5.88. The van der Waals surface area contributed by atoms with Crippen molar-refractivity contribution >= 4 is 10.8 Å². The quantitative estimate of drug-likeness (QED) is 0.307. The Hall–Kier alpha value is -2.86. The molecule has 0 bridgehead atoms. The van der Waals surface area contributed by atoms with Crippen molar-refractivity contribution in [3.8, 4) is 0 Å². The molecule has 0 amide bonds. The highest BCUT2D eigenvalue weighted by Crippen LogP contribution is 2.20. The van der Waals surface area contributed by atoms with Crippen LogP contribution in [0.3, 0.4) is 0 Å². The maximum absolute atomic E-state index is 2.25. The molecule has 0 aliphatic carbocycles. The Morgan fingerprint density at radius 2 is 0.806 bits per heavy atom. The zero-order chi connectivity index (χ0) is 23.2. The molecule has 0 aliphatic heterocycles. The van der Waals surface area contributed by atoms with Crippen molar-refractivity contribution in [3.05, 3.63) is 118 Å². The van der Waals surface area contributed by atoms with Crippen LogP contribution in [0.1, 0.15) is 61.1 Å². The lowest BCUT2D eigenvalue weighted by atomic mass is 10.0. The summed E-state index contributed by atoms with van der Waals surface area (Å²) in [6, 6.07) is 30.3. The summed E-state index contributed by atoms with van der Waals surface area (Å²) in [4.78, 5) is 0. The Balaban J connectivity index is 0.000000272. The number of fused-ring (bicyclic) bond motifs is 1. The molecule has 0 N–H and O–H groups in total. The molecule has 164 valence electrons. The van der Waals surface area contributed by atoms with Gasteiger partial charge < -0.3 is 0 Å². The van der Waals surface area contributed by atoms with Crippen LogP contribution in [0.2, 0.25) is 0 Å². The second-order valence-electron chi connectivity index (χ2n) is 7.40. The number of rotatable bonds is 2. The molecule has 0 nitrogen and oxygen atoms in total. The molecule has 4 aromatic carbocycles. The summed E-state index contributed by atoms with van der Waals surface area (Å²) in [5.41, 5.74) is 8.16. The van der Waals surface area contributed by atoms with Gasteiger partial charge in [0.15, 0.2) is 0 Å². The normalized spacial score (nSPS) is 9.42. The number of aryl methyl sites for hydroxylation is 4. The molecule has 0 aromatic heterocycles. The Morgan fingerprint density at radius 3 is 1.16 bits per heavy atom. The van der Waals surface area contributed by atoms with E-state index in [0.717, 1.165) is 6.42 Å². The molecule has 0 saturated heterocycles. The number of benzene rings is 4. The maximum Gasteiger partial charge on any atom is -0.00256 e. The molecule has 0 aliphatic rings. The Labute approximate surface area is 191 Å². The lowest BCUT2D eigenvalue weighted by Crippen LogP contribution is -1.89. The van der Waals surface area contributed by atoms with E-state index >= 15 is 0 Å². The van der Waals surface area contributed by atoms with Crippen LogP contribution < -0.4 is 0 Å². The van der Waals surface area contributed by atoms with E-state index in [1.165, 1.54) is 44.2 Å². The fourth-order valence-electron chi connectivity index (χ4n) is 3.50. The third-order valence-electron chi connectivity index (χ3n) is 4.93. The van der Waals surface area contributed by atoms with Gasteiger partial charge in [-0.05, 0) is 67.1 Å². The summed E-state index contributed by atoms with van der Waals surface area (Å²) in [5, 5.41) is 2.75. The van der Waals surface area contributed by atoms with E-state index in [-0.39, 0.29) is 0 Å². The van der Waals surface area contributed by atoms with E-state index in [0.29, 0.717) is 0 Å². The van der Waals surface area contributed by atoms with E-state index in [4.69, 9.17) is 0 Å². The number of hydrogen-bond donors (Lipinski definition) is 0. The van der Waals surface area contributed by atoms with Gasteiger partial charge in [0.25, 0.3) is 0 Å². The molecule has 0 unspecified atom stereocenters. The van der Waals surface area contributed by atoms with E-state index in [1.807, 2.05) is 27.7 Å². The lowest BCUT2D eigenvalue weighted by molar-refractivity contribution is 1.17. The largest absolute Gasteiger partial charge is 0.0683 e. The van der Waals surface area contributed by atoms with Crippen molar-refractivity contribution in [2.45, 2.75) is 61.8 Å². The predicted molar refractivity (Wildman–Crippen MR) is 141 cm³/mol. The molecule has 0 heterocycles. The molecule has 4 rings (SSSR count). The van der Waals surface area contributed by atoms with Crippen molar-refractivity contribution in [2.24, 2.45) is 0 Å². The highest BCUT2D eigenvalue weighted by Gasteiger charge is 1.97. The van der Waals surface area contributed by atoms with Gasteiger partial charge in [-0.1, -0.05) is 124 Å². The van der Waals surface area contributed by atoms with Crippen LogP contribution in [0.25, 0.3) is 10.8 Å². The lowest BCUT2D eigenvalue weighted by Gasteiger charge is -2.03. The first kappa shape index (κ1) is 26.2. The zero-order valence-electron chi connectivity index (χ0n) is 20.8. The monoisotopic (exact) mass is 412 g/mol. The molecule has 4 aromatic rings. The first-order valence-corrected chi connectivity index (χ1v) is 11.6. The van der Waals surface area contributed by atoms with E-state index in [1.54, 1.807) is 0 Å². The Bertz CT molecular complexity index is 956. The summed E-state index contributed by atoms with van der Waals surface area (Å²) >= 11 is 0. The van der Waals surface area contributed by atoms with E-state index in [9.17, 15) is 0 Å². The van der Waals surface area contributed by atoms with Gasteiger partial charge in [0, 0.05) is 0 Å². The topological polar surface area (TPSA) is 0 Å². The van der Waals surface area contributed by atoms with Crippen LogP contribution in [0.15, 0.2) is 84.9 Å². The van der Waals surface area contributed by atoms with Crippen LogP contribution in [0.5, 0.6) is 0 Å². The third-order valence-corrected chi connectivity index (χ3v) is 4.93. The zero-order valence-corrected chi connectivity index (χ0v) is 20.8. The van der Waals surface area contributed by atoms with Gasteiger partial charge in [0.05, 0.1) is 0 Å². The van der Waals surface area contributed by atoms with Crippen molar-refractivity contribution in [2.75, 3.05) is 0 Å². The summed E-state index contributed by atoms with van der Waals surface area (Å²) < 4.78 is 0. The van der Waals surface area contributed by atoms with Crippen molar-refractivity contribution < 1.29 is 0 Å². The molecular weight excluding hydrogens is 372 g/mol. The van der Waals surface area contributed by atoms with Crippen LogP contribution in [0, 0.1) is 27.7 Å². The maximum atomic E-state index is 2.25.